The van der Waals surface area contributed by atoms with E-state index in [1.54, 1.807) is 16.4 Å². The van der Waals surface area contributed by atoms with Crippen LogP contribution in [0.2, 0.25) is 0 Å². The van der Waals surface area contributed by atoms with E-state index in [0.29, 0.717) is 23.9 Å². The van der Waals surface area contributed by atoms with Gasteiger partial charge in [-0.15, -0.1) is 0 Å². The third-order valence-electron chi connectivity index (χ3n) is 4.99. The summed E-state index contributed by atoms with van der Waals surface area (Å²) in [6.07, 6.45) is 4.25. The zero-order chi connectivity index (χ0) is 19.3. The van der Waals surface area contributed by atoms with Crippen LogP contribution in [0.15, 0.2) is 65.6 Å². The molecule has 27 heavy (non-hydrogen) atoms. The Morgan fingerprint density at radius 3 is 2.15 bits per heavy atom. The van der Waals surface area contributed by atoms with Crippen molar-refractivity contribution < 1.29 is 8.42 Å². The van der Waals surface area contributed by atoms with E-state index < -0.39 is 10.0 Å². The zero-order valence-corrected chi connectivity index (χ0v) is 16.9. The number of piperazine rings is 1. The summed E-state index contributed by atoms with van der Waals surface area (Å²) in [5, 5.41) is 0. The molecule has 0 aliphatic carbocycles. The van der Waals surface area contributed by atoms with E-state index in [1.165, 1.54) is 5.56 Å². The van der Waals surface area contributed by atoms with Gasteiger partial charge in [-0.3, -0.25) is 4.90 Å². The van der Waals surface area contributed by atoms with E-state index >= 15 is 0 Å². The summed E-state index contributed by atoms with van der Waals surface area (Å²) < 4.78 is 27.3. The molecule has 1 heterocycles. The van der Waals surface area contributed by atoms with Crippen LogP contribution in [0.5, 0.6) is 0 Å². The maximum Gasteiger partial charge on any atom is 0.243 e. The normalized spacial score (nSPS) is 17.0. The molecule has 0 saturated carbocycles. The highest BCUT2D eigenvalue weighted by Crippen LogP contribution is 2.21. The molecule has 0 spiro atoms. The molecule has 4 nitrogen and oxygen atoms in total. The fourth-order valence-corrected chi connectivity index (χ4v) is 4.65. The zero-order valence-electron chi connectivity index (χ0n) is 16.1. The Morgan fingerprint density at radius 1 is 0.926 bits per heavy atom. The van der Waals surface area contributed by atoms with Crippen molar-refractivity contribution in [3.8, 4) is 0 Å². The fraction of sp³-hybridized carbons (Fsp3) is 0.364. The van der Waals surface area contributed by atoms with E-state index in [2.05, 4.69) is 43.0 Å². The molecule has 0 radical (unpaired) electrons. The quantitative estimate of drug-likeness (QED) is 0.760. The van der Waals surface area contributed by atoms with Crippen LogP contribution in [-0.4, -0.2) is 50.3 Å². The Balaban J connectivity index is 1.55. The van der Waals surface area contributed by atoms with Crippen LogP contribution in [-0.2, 0) is 10.0 Å². The molecule has 0 atom stereocenters. The van der Waals surface area contributed by atoms with Gasteiger partial charge in [0.2, 0.25) is 10.0 Å². The maximum absolute atomic E-state index is 12.9. The van der Waals surface area contributed by atoms with Crippen LogP contribution in [0.4, 0.5) is 0 Å². The fourth-order valence-electron chi connectivity index (χ4n) is 3.23. The van der Waals surface area contributed by atoms with Gasteiger partial charge in [-0.2, -0.15) is 4.31 Å². The van der Waals surface area contributed by atoms with Crippen LogP contribution in [0.1, 0.15) is 30.9 Å². The lowest BCUT2D eigenvalue weighted by Crippen LogP contribution is -2.48. The highest BCUT2D eigenvalue weighted by atomic mass is 32.2. The maximum atomic E-state index is 12.9. The van der Waals surface area contributed by atoms with Crippen molar-refractivity contribution >= 4 is 16.1 Å². The van der Waals surface area contributed by atoms with Crippen molar-refractivity contribution in [3.63, 3.8) is 0 Å². The molecule has 5 heteroatoms. The lowest BCUT2D eigenvalue weighted by Gasteiger charge is -2.33. The number of rotatable bonds is 6. The second kappa shape index (κ2) is 8.83. The molecule has 144 valence electrons. The molecule has 0 amide bonds. The van der Waals surface area contributed by atoms with Gasteiger partial charge in [-0.25, -0.2) is 8.42 Å². The van der Waals surface area contributed by atoms with E-state index in [-0.39, 0.29) is 0 Å². The van der Waals surface area contributed by atoms with E-state index in [1.807, 2.05) is 30.3 Å². The molecule has 3 rings (SSSR count). The van der Waals surface area contributed by atoms with E-state index in [0.717, 1.165) is 25.2 Å². The van der Waals surface area contributed by atoms with Crippen molar-refractivity contribution in [3.05, 3.63) is 71.8 Å². The van der Waals surface area contributed by atoms with Crippen LogP contribution in [0.25, 0.3) is 6.08 Å². The van der Waals surface area contributed by atoms with Gasteiger partial charge in [0.05, 0.1) is 4.90 Å². The molecular formula is C22H28N2O2S. The number of benzene rings is 2. The Kier molecular flexibility index (Phi) is 6.47. The molecule has 1 aliphatic rings. The van der Waals surface area contributed by atoms with Crippen LogP contribution < -0.4 is 0 Å². The minimum absolute atomic E-state index is 0.393. The molecular weight excluding hydrogens is 356 g/mol. The first kappa shape index (κ1) is 19.8. The second-order valence-corrected chi connectivity index (χ2v) is 9.18. The number of nitrogens with zero attached hydrogens (tertiary/aromatic N) is 2. The average molecular weight is 385 g/mol. The summed E-state index contributed by atoms with van der Waals surface area (Å²) in [6.45, 7) is 7.63. The van der Waals surface area contributed by atoms with Crippen LogP contribution in [0.3, 0.4) is 0 Å². The summed E-state index contributed by atoms with van der Waals surface area (Å²) >= 11 is 0. The predicted octanol–water partition coefficient (Wildman–Crippen LogP) is 3.83. The third kappa shape index (κ3) is 5.06. The Hall–Kier alpha value is -1.95. The molecule has 1 saturated heterocycles. The molecule has 1 fully saturated rings. The SMILES string of the molecule is CC(C)c1ccc(S(=O)(=O)N2CCN(C/C=C\c3ccccc3)CC2)cc1. The van der Waals surface area contributed by atoms with Gasteiger partial charge < -0.3 is 0 Å². The Bertz CT molecular complexity index is 851. The summed E-state index contributed by atoms with van der Waals surface area (Å²) in [7, 11) is -3.40. The van der Waals surface area contributed by atoms with Gasteiger partial charge in [0.1, 0.15) is 0 Å². The molecule has 0 aromatic heterocycles. The lowest BCUT2D eigenvalue weighted by atomic mass is 10.0. The van der Waals surface area contributed by atoms with Gasteiger partial charge in [-0.1, -0.05) is 68.5 Å². The topological polar surface area (TPSA) is 40.6 Å². The first-order valence-electron chi connectivity index (χ1n) is 9.51. The minimum Gasteiger partial charge on any atom is -0.297 e. The van der Waals surface area contributed by atoms with Gasteiger partial charge in [0.15, 0.2) is 0 Å². The average Bonchev–Trinajstić information content (AvgIpc) is 2.69. The Labute approximate surface area is 163 Å². The van der Waals surface area contributed by atoms with Crippen LogP contribution >= 0.6 is 0 Å². The molecule has 2 aromatic rings. The van der Waals surface area contributed by atoms with Crippen molar-refractivity contribution in [1.29, 1.82) is 0 Å². The smallest absolute Gasteiger partial charge is 0.243 e. The second-order valence-electron chi connectivity index (χ2n) is 7.24. The largest absolute Gasteiger partial charge is 0.297 e. The highest BCUT2D eigenvalue weighted by Gasteiger charge is 2.28. The molecule has 2 aromatic carbocycles. The van der Waals surface area contributed by atoms with E-state index in [4.69, 9.17) is 0 Å². The number of hydrogen-bond acceptors (Lipinski definition) is 3. The van der Waals surface area contributed by atoms with Gasteiger partial charge in [0.25, 0.3) is 0 Å². The number of hydrogen-bond donors (Lipinski definition) is 0. The van der Waals surface area contributed by atoms with E-state index in [9.17, 15) is 8.42 Å². The lowest BCUT2D eigenvalue weighted by molar-refractivity contribution is 0.204. The Morgan fingerprint density at radius 2 is 1.56 bits per heavy atom. The van der Waals surface area contributed by atoms with Gasteiger partial charge in [-0.05, 0) is 29.2 Å². The van der Waals surface area contributed by atoms with Crippen molar-refractivity contribution in [2.75, 3.05) is 32.7 Å². The molecule has 0 unspecified atom stereocenters. The first-order chi connectivity index (χ1) is 13.0. The third-order valence-corrected chi connectivity index (χ3v) is 6.90. The molecule has 0 bridgehead atoms. The number of sulfonamides is 1. The van der Waals surface area contributed by atoms with Gasteiger partial charge >= 0.3 is 0 Å². The molecule has 1 aliphatic heterocycles. The first-order valence-corrected chi connectivity index (χ1v) is 10.9. The summed E-state index contributed by atoms with van der Waals surface area (Å²) in [4.78, 5) is 2.68. The predicted molar refractivity (Wildman–Crippen MR) is 111 cm³/mol. The summed E-state index contributed by atoms with van der Waals surface area (Å²) in [5.41, 5.74) is 2.34. The highest BCUT2D eigenvalue weighted by molar-refractivity contribution is 7.89. The minimum atomic E-state index is -3.40. The van der Waals surface area contributed by atoms with Crippen molar-refractivity contribution in [2.45, 2.75) is 24.7 Å². The monoisotopic (exact) mass is 384 g/mol. The van der Waals surface area contributed by atoms with Gasteiger partial charge in [0, 0.05) is 32.7 Å². The summed E-state index contributed by atoms with van der Waals surface area (Å²) in [6, 6.07) is 17.5. The standard InChI is InChI=1S/C22H28N2O2S/c1-19(2)21-10-12-22(13-11-21)27(25,26)24-17-15-23(16-18-24)14-6-9-20-7-4-3-5-8-20/h3-13,19H,14-18H2,1-2H3/b9-6-. The van der Waals surface area contributed by atoms with Crippen molar-refractivity contribution in [1.82, 2.24) is 9.21 Å². The molecule has 0 N–H and O–H groups in total. The van der Waals surface area contributed by atoms with Crippen molar-refractivity contribution in [2.24, 2.45) is 0 Å². The summed E-state index contributed by atoms with van der Waals surface area (Å²) in [5.74, 6) is 0.397. The van der Waals surface area contributed by atoms with Crippen LogP contribution in [0, 0.1) is 0 Å².